The van der Waals surface area contributed by atoms with Crippen molar-refractivity contribution >= 4 is 67.0 Å². The standard InChI is InChI=1S/C28H25BrCl2N4O3S/c1-18-7-10-25(11-8-18)39(37,38)34(24-6-4-5-22(29)14-24)17-28(36)33-32-16-21-13-19(2)35(20(21)3)27-12-9-23(30)15-26(27)31/h4-16H,17H2,1-3H3,(H,33,36)/b32-16-. The largest absolute Gasteiger partial charge is 0.316 e. The van der Waals surface area contributed by atoms with Gasteiger partial charge < -0.3 is 4.57 Å². The van der Waals surface area contributed by atoms with Crippen LogP contribution in [0.3, 0.4) is 0 Å². The maximum absolute atomic E-state index is 13.5. The van der Waals surface area contributed by atoms with E-state index in [0.29, 0.717) is 20.2 Å². The van der Waals surface area contributed by atoms with Crippen molar-refractivity contribution in [2.24, 2.45) is 5.10 Å². The first kappa shape index (κ1) is 28.9. The molecule has 7 nitrogen and oxygen atoms in total. The van der Waals surface area contributed by atoms with Crippen molar-refractivity contribution in [3.8, 4) is 5.69 Å². The van der Waals surface area contributed by atoms with Gasteiger partial charge >= 0.3 is 0 Å². The number of aromatic nitrogens is 1. The molecule has 0 radical (unpaired) electrons. The molecule has 0 atom stereocenters. The van der Waals surface area contributed by atoms with Gasteiger partial charge in [0.05, 0.1) is 27.5 Å². The molecule has 0 saturated carbocycles. The minimum Gasteiger partial charge on any atom is -0.316 e. The van der Waals surface area contributed by atoms with Crippen LogP contribution < -0.4 is 9.73 Å². The quantitative estimate of drug-likeness (QED) is 0.168. The summed E-state index contributed by atoms with van der Waals surface area (Å²) in [6.45, 7) is 5.24. The topological polar surface area (TPSA) is 83.8 Å². The molecule has 3 aromatic carbocycles. The molecule has 0 saturated heterocycles. The molecule has 39 heavy (non-hydrogen) atoms. The Bertz CT molecular complexity index is 1670. The molecule has 0 fully saturated rings. The molecule has 11 heteroatoms. The van der Waals surface area contributed by atoms with Crippen LogP contribution in [0, 0.1) is 20.8 Å². The first-order valence-corrected chi connectivity index (χ1v) is 14.8. The van der Waals surface area contributed by atoms with Crippen LogP contribution in [-0.2, 0) is 14.8 Å². The van der Waals surface area contributed by atoms with E-state index in [1.165, 1.54) is 18.3 Å². The van der Waals surface area contributed by atoms with E-state index < -0.39 is 22.5 Å². The molecule has 4 aromatic rings. The lowest BCUT2D eigenvalue weighted by Gasteiger charge is -2.24. The summed E-state index contributed by atoms with van der Waals surface area (Å²) in [7, 11) is -4.03. The van der Waals surface area contributed by atoms with Gasteiger partial charge in [-0.2, -0.15) is 5.10 Å². The lowest BCUT2D eigenvalue weighted by Crippen LogP contribution is -2.39. The number of nitrogens with one attached hydrogen (secondary N) is 1. The first-order valence-electron chi connectivity index (χ1n) is 11.8. The van der Waals surface area contributed by atoms with E-state index in [0.717, 1.165) is 32.5 Å². The van der Waals surface area contributed by atoms with Crippen molar-refractivity contribution in [2.45, 2.75) is 25.7 Å². The van der Waals surface area contributed by atoms with Crippen molar-refractivity contribution in [1.82, 2.24) is 9.99 Å². The summed E-state index contributed by atoms with van der Waals surface area (Å²) in [5, 5.41) is 5.14. The normalized spacial score (nSPS) is 11.6. The summed E-state index contributed by atoms with van der Waals surface area (Å²) in [6.07, 6.45) is 1.51. The zero-order valence-corrected chi connectivity index (χ0v) is 25.2. The number of anilines is 1. The molecule has 4 rings (SSSR count). The average Bonchev–Trinajstić information content (AvgIpc) is 3.15. The number of benzene rings is 3. The number of rotatable bonds is 8. The van der Waals surface area contributed by atoms with Crippen LogP contribution in [0.25, 0.3) is 5.69 Å². The summed E-state index contributed by atoms with van der Waals surface area (Å²) >= 11 is 15.8. The van der Waals surface area contributed by atoms with Gasteiger partial charge in [-0.3, -0.25) is 9.10 Å². The van der Waals surface area contributed by atoms with Crippen molar-refractivity contribution in [2.75, 3.05) is 10.8 Å². The molecule has 0 bridgehead atoms. The highest BCUT2D eigenvalue weighted by molar-refractivity contribution is 9.10. The molecule has 0 aliphatic rings. The van der Waals surface area contributed by atoms with Crippen LogP contribution in [0.1, 0.15) is 22.5 Å². The minimum absolute atomic E-state index is 0.0812. The van der Waals surface area contributed by atoms with Crippen molar-refractivity contribution in [3.63, 3.8) is 0 Å². The highest BCUT2D eigenvalue weighted by Crippen LogP contribution is 2.29. The predicted molar refractivity (Wildman–Crippen MR) is 161 cm³/mol. The van der Waals surface area contributed by atoms with Gasteiger partial charge in [0, 0.05) is 26.4 Å². The zero-order chi connectivity index (χ0) is 28.3. The molecule has 0 aliphatic heterocycles. The second kappa shape index (κ2) is 12.0. The van der Waals surface area contributed by atoms with E-state index in [-0.39, 0.29) is 4.90 Å². The fraction of sp³-hybridized carbons (Fsp3) is 0.143. The Morgan fingerprint density at radius 2 is 1.74 bits per heavy atom. The highest BCUT2D eigenvalue weighted by atomic mass is 79.9. The number of hydrogen-bond acceptors (Lipinski definition) is 4. The monoisotopic (exact) mass is 646 g/mol. The van der Waals surface area contributed by atoms with E-state index in [9.17, 15) is 13.2 Å². The maximum atomic E-state index is 13.5. The number of carbonyl (C=O) groups excluding carboxylic acids is 1. The van der Waals surface area contributed by atoms with Gasteiger partial charge in [-0.25, -0.2) is 13.8 Å². The van der Waals surface area contributed by atoms with Crippen LogP contribution in [0.4, 0.5) is 5.69 Å². The van der Waals surface area contributed by atoms with E-state index in [4.69, 9.17) is 23.2 Å². The van der Waals surface area contributed by atoms with Crippen molar-refractivity contribution in [3.05, 3.63) is 110 Å². The smallest absolute Gasteiger partial charge is 0.264 e. The Hall–Kier alpha value is -3.11. The summed E-state index contributed by atoms with van der Waals surface area (Å²) < 4.78 is 30.7. The number of carbonyl (C=O) groups is 1. The van der Waals surface area contributed by atoms with E-state index in [1.54, 1.807) is 48.5 Å². The average molecular weight is 648 g/mol. The summed E-state index contributed by atoms with van der Waals surface area (Å²) in [6, 6.07) is 20.4. The third kappa shape index (κ3) is 6.55. The van der Waals surface area contributed by atoms with Gasteiger partial charge in [0.15, 0.2) is 0 Å². The van der Waals surface area contributed by atoms with Crippen molar-refractivity contribution < 1.29 is 13.2 Å². The number of amides is 1. The van der Waals surface area contributed by atoms with Crippen LogP contribution in [0.2, 0.25) is 10.0 Å². The van der Waals surface area contributed by atoms with Crippen LogP contribution >= 0.6 is 39.1 Å². The van der Waals surface area contributed by atoms with Crippen molar-refractivity contribution in [1.29, 1.82) is 0 Å². The van der Waals surface area contributed by atoms with Gasteiger partial charge in [-0.1, -0.05) is 62.9 Å². The molecule has 0 aliphatic carbocycles. The highest BCUT2D eigenvalue weighted by Gasteiger charge is 2.27. The molecular formula is C28H25BrCl2N4O3S. The molecule has 1 amide bonds. The molecule has 1 heterocycles. The van der Waals surface area contributed by atoms with Gasteiger partial charge in [0.2, 0.25) is 0 Å². The second-order valence-electron chi connectivity index (χ2n) is 8.86. The van der Waals surface area contributed by atoms with Crippen LogP contribution in [0.15, 0.2) is 87.3 Å². The van der Waals surface area contributed by atoms with Gasteiger partial charge in [-0.05, 0) is 75.4 Å². The minimum atomic E-state index is -4.03. The fourth-order valence-corrected chi connectivity index (χ4v) is 6.37. The number of halogens is 3. The SMILES string of the molecule is Cc1ccc(S(=O)(=O)N(CC(=O)N/N=C\c2cc(C)n(-c3ccc(Cl)cc3Cl)c2C)c2cccc(Br)c2)cc1. The number of hydrazone groups is 1. The third-order valence-electron chi connectivity index (χ3n) is 6.01. The Labute approximate surface area is 246 Å². The number of nitrogens with zero attached hydrogens (tertiary/aromatic N) is 3. The predicted octanol–water partition coefficient (Wildman–Crippen LogP) is 6.82. The molecular weight excluding hydrogens is 623 g/mol. The summed E-state index contributed by atoms with van der Waals surface area (Å²) in [5.41, 5.74) is 7.01. The fourth-order valence-electron chi connectivity index (χ4n) is 4.08. The third-order valence-corrected chi connectivity index (χ3v) is 8.83. The van der Waals surface area contributed by atoms with E-state index in [1.807, 2.05) is 37.5 Å². The molecule has 1 N–H and O–H groups in total. The molecule has 0 unspecified atom stereocenters. The summed E-state index contributed by atoms with van der Waals surface area (Å²) in [4.78, 5) is 13.0. The summed E-state index contributed by atoms with van der Waals surface area (Å²) in [5.74, 6) is -0.600. The van der Waals surface area contributed by atoms with Gasteiger partial charge in [0.1, 0.15) is 6.54 Å². The Morgan fingerprint density at radius 1 is 1.03 bits per heavy atom. The molecule has 202 valence electrons. The Balaban J connectivity index is 1.56. The Kier molecular flexibility index (Phi) is 8.86. The number of aryl methyl sites for hydroxylation is 2. The number of hydrogen-bond donors (Lipinski definition) is 1. The lowest BCUT2D eigenvalue weighted by atomic mass is 10.2. The van der Waals surface area contributed by atoms with Gasteiger partial charge in [0.25, 0.3) is 15.9 Å². The zero-order valence-electron chi connectivity index (χ0n) is 21.3. The second-order valence-corrected chi connectivity index (χ2v) is 12.5. The number of sulfonamides is 1. The lowest BCUT2D eigenvalue weighted by molar-refractivity contribution is -0.119. The Morgan fingerprint density at radius 3 is 2.41 bits per heavy atom. The van der Waals surface area contributed by atoms with Crippen LogP contribution in [-0.4, -0.2) is 31.7 Å². The first-order chi connectivity index (χ1) is 18.5. The molecule has 1 aromatic heterocycles. The van der Waals surface area contributed by atoms with E-state index >= 15 is 0 Å². The van der Waals surface area contributed by atoms with Crippen LogP contribution in [0.5, 0.6) is 0 Å². The van der Waals surface area contributed by atoms with E-state index in [2.05, 4.69) is 26.5 Å². The molecule has 0 spiro atoms. The van der Waals surface area contributed by atoms with Gasteiger partial charge in [-0.15, -0.1) is 0 Å². The maximum Gasteiger partial charge on any atom is 0.264 e.